The minimum atomic E-state index is -0.386. The molecule has 0 radical (unpaired) electrons. The number of nitriles is 1. The molecule has 0 spiro atoms. The van der Waals surface area contributed by atoms with Gasteiger partial charge >= 0.3 is 0 Å². The third kappa shape index (κ3) is 3.31. The summed E-state index contributed by atoms with van der Waals surface area (Å²) < 4.78 is 13.6. The smallest absolute Gasteiger partial charge is 0.229 e. The zero-order valence-corrected chi connectivity index (χ0v) is 15.7. The van der Waals surface area contributed by atoms with Crippen molar-refractivity contribution in [3.05, 3.63) is 76.1 Å². The highest BCUT2D eigenvalue weighted by Crippen LogP contribution is 2.43. The highest BCUT2D eigenvalue weighted by Gasteiger charge is 2.38. The summed E-state index contributed by atoms with van der Waals surface area (Å²) in [4.78, 5) is 16.6. The third-order valence-electron chi connectivity index (χ3n) is 4.94. The van der Waals surface area contributed by atoms with Crippen LogP contribution in [0.3, 0.4) is 0 Å². The van der Waals surface area contributed by atoms with Gasteiger partial charge in [-0.1, -0.05) is 41.6 Å². The van der Waals surface area contributed by atoms with Crippen molar-refractivity contribution in [3.63, 3.8) is 0 Å². The second-order valence-electron chi connectivity index (χ2n) is 6.75. The van der Waals surface area contributed by atoms with Crippen molar-refractivity contribution in [1.29, 1.82) is 5.26 Å². The van der Waals surface area contributed by atoms with Crippen molar-refractivity contribution < 1.29 is 9.18 Å². The van der Waals surface area contributed by atoms with Crippen LogP contribution in [-0.4, -0.2) is 23.4 Å². The normalized spacial score (nSPS) is 19.7. The SMILES string of the molecule is Cc1ccc(N2CSC3=C(C#N)[C@@H](c4cccc(F)c4)CC(=O)N3C2)cc1. The van der Waals surface area contributed by atoms with Gasteiger partial charge in [0.25, 0.3) is 0 Å². The molecule has 136 valence electrons. The van der Waals surface area contributed by atoms with E-state index in [1.807, 2.05) is 31.2 Å². The number of halogens is 1. The van der Waals surface area contributed by atoms with E-state index in [1.165, 1.54) is 29.5 Å². The number of fused-ring (bicyclic) bond motifs is 1. The molecule has 2 aromatic rings. The van der Waals surface area contributed by atoms with Gasteiger partial charge in [0.15, 0.2) is 0 Å². The van der Waals surface area contributed by atoms with E-state index in [0.29, 0.717) is 28.7 Å². The fourth-order valence-corrected chi connectivity index (χ4v) is 4.66. The van der Waals surface area contributed by atoms with Crippen LogP contribution in [0.2, 0.25) is 0 Å². The topological polar surface area (TPSA) is 47.3 Å². The van der Waals surface area contributed by atoms with Crippen molar-refractivity contribution >= 4 is 23.4 Å². The summed E-state index contributed by atoms with van der Waals surface area (Å²) in [7, 11) is 0. The minimum absolute atomic E-state index is 0.0393. The summed E-state index contributed by atoms with van der Waals surface area (Å²) >= 11 is 1.49. The predicted molar refractivity (Wildman–Crippen MR) is 104 cm³/mol. The lowest BCUT2D eigenvalue weighted by Crippen LogP contribution is -2.47. The highest BCUT2D eigenvalue weighted by molar-refractivity contribution is 8.03. The van der Waals surface area contributed by atoms with E-state index in [0.717, 1.165) is 5.69 Å². The van der Waals surface area contributed by atoms with Crippen molar-refractivity contribution in [1.82, 2.24) is 4.90 Å². The summed E-state index contributed by atoms with van der Waals surface area (Å²) in [6.07, 6.45) is 0.179. The predicted octanol–water partition coefficient (Wildman–Crippen LogP) is 4.35. The average Bonchev–Trinajstić information content (AvgIpc) is 2.68. The standard InChI is InChI=1S/C21H18FN3OS/c1-14-5-7-17(8-6-14)24-12-25-20(26)10-18(15-3-2-4-16(22)9-15)19(11-23)21(25)27-13-24/h2-9,18H,10,12-13H2,1H3/t18-/m1/s1. The quantitative estimate of drug-likeness (QED) is 0.778. The highest BCUT2D eigenvalue weighted by atomic mass is 32.2. The molecule has 0 saturated carbocycles. The van der Waals surface area contributed by atoms with E-state index in [1.54, 1.807) is 17.0 Å². The number of thioether (sulfide) groups is 1. The number of carbonyl (C=O) groups is 1. The number of carbonyl (C=O) groups excluding carboxylic acids is 1. The molecule has 0 N–H and O–H groups in total. The molecule has 2 aliphatic rings. The Hall–Kier alpha value is -2.78. The second kappa shape index (κ2) is 7.09. The molecule has 2 heterocycles. The molecule has 0 aliphatic carbocycles. The molecule has 0 unspecified atom stereocenters. The number of anilines is 1. The number of aryl methyl sites for hydroxylation is 1. The van der Waals surface area contributed by atoms with E-state index in [2.05, 4.69) is 11.0 Å². The molecule has 4 rings (SSSR count). The largest absolute Gasteiger partial charge is 0.344 e. The van der Waals surface area contributed by atoms with Crippen LogP contribution in [0.4, 0.5) is 10.1 Å². The number of hydrogen-bond donors (Lipinski definition) is 0. The maximum Gasteiger partial charge on any atom is 0.229 e. The van der Waals surface area contributed by atoms with Gasteiger partial charge in [0.1, 0.15) is 5.82 Å². The van der Waals surface area contributed by atoms with Gasteiger partial charge in [-0.15, -0.1) is 0 Å². The first-order valence-corrected chi connectivity index (χ1v) is 9.70. The Bertz CT molecular complexity index is 964. The number of rotatable bonds is 2. The van der Waals surface area contributed by atoms with Crippen molar-refractivity contribution in [2.75, 3.05) is 17.4 Å². The van der Waals surface area contributed by atoms with Crippen LogP contribution in [0, 0.1) is 24.1 Å². The molecule has 27 heavy (non-hydrogen) atoms. The lowest BCUT2D eigenvalue weighted by molar-refractivity contribution is -0.129. The number of hydrogen-bond acceptors (Lipinski definition) is 4. The summed E-state index contributed by atoms with van der Waals surface area (Å²) in [6, 6.07) is 16.6. The van der Waals surface area contributed by atoms with Crippen molar-refractivity contribution in [2.24, 2.45) is 0 Å². The maximum absolute atomic E-state index is 13.6. The van der Waals surface area contributed by atoms with Crippen LogP contribution in [-0.2, 0) is 4.79 Å². The van der Waals surface area contributed by atoms with Gasteiger partial charge < -0.3 is 4.90 Å². The molecule has 4 nitrogen and oxygen atoms in total. The fourth-order valence-electron chi connectivity index (χ4n) is 3.49. The van der Waals surface area contributed by atoms with Crippen LogP contribution in [0.25, 0.3) is 0 Å². The van der Waals surface area contributed by atoms with Crippen LogP contribution in [0.15, 0.2) is 59.1 Å². The Morgan fingerprint density at radius 2 is 2.00 bits per heavy atom. The second-order valence-corrected chi connectivity index (χ2v) is 7.69. The molecule has 1 fully saturated rings. The van der Waals surface area contributed by atoms with E-state index in [4.69, 9.17) is 0 Å². The molecule has 6 heteroatoms. The van der Waals surface area contributed by atoms with Gasteiger partial charge in [-0.2, -0.15) is 5.26 Å². The monoisotopic (exact) mass is 379 g/mol. The van der Waals surface area contributed by atoms with Crippen LogP contribution >= 0.6 is 11.8 Å². The zero-order valence-electron chi connectivity index (χ0n) is 14.9. The van der Waals surface area contributed by atoms with E-state index < -0.39 is 0 Å². The molecular weight excluding hydrogens is 361 g/mol. The minimum Gasteiger partial charge on any atom is -0.344 e. The number of allylic oxidation sites excluding steroid dienone is 1. The van der Waals surface area contributed by atoms with Crippen LogP contribution in [0.5, 0.6) is 0 Å². The summed E-state index contributed by atoms with van der Waals surface area (Å²) in [6.45, 7) is 2.46. The molecule has 1 amide bonds. The lowest BCUT2D eigenvalue weighted by Gasteiger charge is -2.42. The lowest BCUT2D eigenvalue weighted by atomic mass is 9.86. The molecule has 2 aliphatic heterocycles. The zero-order chi connectivity index (χ0) is 19.0. The first-order valence-electron chi connectivity index (χ1n) is 8.71. The number of nitrogens with zero attached hydrogens (tertiary/aromatic N) is 3. The molecule has 2 aromatic carbocycles. The van der Waals surface area contributed by atoms with Crippen molar-refractivity contribution in [2.45, 2.75) is 19.3 Å². The molecule has 0 aromatic heterocycles. The van der Waals surface area contributed by atoms with Gasteiger partial charge in [-0.25, -0.2) is 4.39 Å². The molecular formula is C21H18FN3OS. The Kier molecular flexibility index (Phi) is 4.63. The molecule has 1 atom stereocenters. The van der Waals surface area contributed by atoms with E-state index in [-0.39, 0.29) is 24.1 Å². The van der Waals surface area contributed by atoms with Gasteiger partial charge in [0.2, 0.25) is 5.91 Å². The Morgan fingerprint density at radius 1 is 1.22 bits per heavy atom. The molecule has 1 saturated heterocycles. The summed E-state index contributed by atoms with van der Waals surface area (Å²) in [5.41, 5.74) is 3.45. The average molecular weight is 379 g/mol. The maximum atomic E-state index is 13.6. The third-order valence-corrected chi connectivity index (χ3v) is 6.10. The Morgan fingerprint density at radius 3 is 2.70 bits per heavy atom. The van der Waals surface area contributed by atoms with Crippen LogP contribution in [0.1, 0.15) is 23.5 Å². The van der Waals surface area contributed by atoms with E-state index in [9.17, 15) is 14.4 Å². The first-order chi connectivity index (χ1) is 13.1. The van der Waals surface area contributed by atoms with Gasteiger partial charge in [-0.05, 0) is 36.8 Å². The fraction of sp³-hybridized carbons (Fsp3) is 0.238. The van der Waals surface area contributed by atoms with Gasteiger partial charge in [0.05, 0.1) is 29.2 Å². The summed E-state index contributed by atoms with van der Waals surface area (Å²) in [5, 5.41) is 10.5. The Labute approximate surface area is 161 Å². The van der Waals surface area contributed by atoms with Crippen LogP contribution < -0.4 is 4.90 Å². The number of benzene rings is 2. The Balaban J connectivity index is 1.66. The van der Waals surface area contributed by atoms with E-state index >= 15 is 0 Å². The number of amides is 1. The van der Waals surface area contributed by atoms with Gasteiger partial charge in [-0.3, -0.25) is 9.69 Å². The summed E-state index contributed by atoms with van der Waals surface area (Å²) in [5.74, 6) is -0.125. The molecule has 0 bridgehead atoms. The first kappa shape index (κ1) is 17.6. The van der Waals surface area contributed by atoms with Gasteiger partial charge in [0, 0.05) is 18.0 Å². The van der Waals surface area contributed by atoms with Crippen molar-refractivity contribution in [3.8, 4) is 6.07 Å².